The third kappa shape index (κ3) is 2.80. The number of ketones is 1. The van der Waals surface area contributed by atoms with Crippen LogP contribution in [0.2, 0.25) is 19.6 Å². The summed E-state index contributed by atoms with van der Waals surface area (Å²) in [6, 6.07) is 0. The molecular formula is C10H20OS2Si. The molecule has 1 rings (SSSR count). The summed E-state index contributed by atoms with van der Waals surface area (Å²) in [5.74, 6) is 2.84. The Morgan fingerprint density at radius 2 is 1.79 bits per heavy atom. The molecule has 0 N–H and O–H groups in total. The summed E-state index contributed by atoms with van der Waals surface area (Å²) >= 11 is 4.10. The van der Waals surface area contributed by atoms with Crippen molar-refractivity contribution in [3.8, 4) is 0 Å². The SMILES string of the molecule is CC(=O)CC1([Si](C)(C)C)SCCCS1. The zero-order valence-electron chi connectivity index (χ0n) is 9.55. The summed E-state index contributed by atoms with van der Waals surface area (Å²) in [4.78, 5) is 11.4. The lowest BCUT2D eigenvalue weighted by atomic mass is 10.3. The molecule has 1 saturated heterocycles. The lowest BCUT2D eigenvalue weighted by Gasteiger charge is -2.44. The fraction of sp³-hybridized carbons (Fsp3) is 0.900. The molecule has 0 aliphatic carbocycles. The largest absolute Gasteiger partial charge is 0.300 e. The van der Waals surface area contributed by atoms with Gasteiger partial charge in [0.1, 0.15) is 5.78 Å². The minimum absolute atomic E-state index is 0.261. The predicted molar refractivity (Wildman–Crippen MR) is 70.9 cm³/mol. The van der Waals surface area contributed by atoms with Crippen LogP contribution in [0, 0.1) is 0 Å². The third-order valence-corrected chi connectivity index (χ3v) is 12.5. The van der Waals surface area contributed by atoms with Gasteiger partial charge in [-0.2, -0.15) is 0 Å². The van der Waals surface area contributed by atoms with Crippen molar-refractivity contribution in [2.24, 2.45) is 0 Å². The Labute approximate surface area is 96.8 Å². The number of carbonyl (C=O) groups is 1. The fourth-order valence-electron chi connectivity index (χ4n) is 1.70. The first kappa shape index (κ1) is 12.7. The second-order valence-electron chi connectivity index (χ2n) is 4.93. The first-order chi connectivity index (χ1) is 6.37. The molecule has 0 aromatic rings. The lowest BCUT2D eigenvalue weighted by molar-refractivity contribution is -0.116. The van der Waals surface area contributed by atoms with Gasteiger partial charge in [0, 0.05) is 6.42 Å². The van der Waals surface area contributed by atoms with Crippen molar-refractivity contribution < 1.29 is 4.79 Å². The highest BCUT2D eigenvalue weighted by atomic mass is 32.2. The van der Waals surface area contributed by atoms with Crippen LogP contribution < -0.4 is 0 Å². The van der Waals surface area contributed by atoms with Crippen molar-refractivity contribution in [2.45, 2.75) is 43.1 Å². The summed E-state index contributed by atoms with van der Waals surface area (Å²) in [5, 5.41) is 0. The van der Waals surface area contributed by atoms with Crippen molar-refractivity contribution in [2.75, 3.05) is 11.5 Å². The number of hydrogen-bond acceptors (Lipinski definition) is 3. The molecule has 0 aromatic heterocycles. The van der Waals surface area contributed by atoms with E-state index >= 15 is 0 Å². The van der Waals surface area contributed by atoms with Gasteiger partial charge in [-0.1, -0.05) is 19.6 Å². The van der Waals surface area contributed by atoms with Crippen molar-refractivity contribution >= 4 is 37.4 Å². The molecule has 0 saturated carbocycles. The van der Waals surface area contributed by atoms with E-state index in [1.165, 1.54) is 17.9 Å². The Hall–Kier alpha value is 0.587. The monoisotopic (exact) mass is 248 g/mol. The standard InChI is InChI=1S/C10H20OS2Si/c1-9(11)8-10(14(2,3)4)12-6-5-7-13-10/h5-8H2,1-4H3. The Morgan fingerprint density at radius 3 is 2.14 bits per heavy atom. The van der Waals surface area contributed by atoms with Gasteiger partial charge in [-0.25, -0.2) is 0 Å². The molecule has 1 heterocycles. The number of thioether (sulfide) groups is 2. The molecule has 0 spiro atoms. The second kappa shape index (κ2) is 4.62. The van der Waals surface area contributed by atoms with E-state index in [2.05, 4.69) is 19.6 Å². The number of hydrogen-bond donors (Lipinski definition) is 0. The van der Waals surface area contributed by atoms with Gasteiger partial charge < -0.3 is 0 Å². The van der Waals surface area contributed by atoms with Gasteiger partial charge in [-0.15, -0.1) is 23.5 Å². The molecule has 1 aliphatic rings. The minimum Gasteiger partial charge on any atom is -0.300 e. The first-order valence-electron chi connectivity index (χ1n) is 5.15. The lowest BCUT2D eigenvalue weighted by Crippen LogP contribution is -2.49. The molecule has 0 unspecified atom stereocenters. The molecule has 1 fully saturated rings. The molecule has 0 atom stereocenters. The molecular weight excluding hydrogens is 228 g/mol. The quantitative estimate of drug-likeness (QED) is 0.713. The van der Waals surface area contributed by atoms with Gasteiger partial charge in [0.15, 0.2) is 0 Å². The number of carbonyl (C=O) groups excluding carboxylic acids is 1. The van der Waals surface area contributed by atoms with E-state index in [0.717, 1.165) is 6.42 Å². The van der Waals surface area contributed by atoms with E-state index in [9.17, 15) is 4.79 Å². The van der Waals surface area contributed by atoms with Crippen molar-refractivity contribution in [3.63, 3.8) is 0 Å². The maximum Gasteiger partial charge on any atom is 0.131 e. The second-order valence-corrected chi connectivity index (χ2v) is 14.1. The van der Waals surface area contributed by atoms with Crippen LogP contribution in [-0.4, -0.2) is 29.1 Å². The highest BCUT2D eigenvalue weighted by Gasteiger charge is 2.46. The van der Waals surface area contributed by atoms with E-state index < -0.39 is 8.07 Å². The Morgan fingerprint density at radius 1 is 1.29 bits per heavy atom. The van der Waals surface area contributed by atoms with Gasteiger partial charge in [-0.3, -0.25) is 4.79 Å². The number of rotatable bonds is 3. The topological polar surface area (TPSA) is 17.1 Å². The molecule has 1 aliphatic heterocycles. The molecule has 1 nitrogen and oxygen atoms in total. The van der Waals surface area contributed by atoms with Gasteiger partial charge in [-0.05, 0) is 24.9 Å². The molecule has 0 radical (unpaired) electrons. The Kier molecular flexibility index (Phi) is 4.18. The summed E-state index contributed by atoms with van der Waals surface area (Å²) in [6.45, 7) is 8.90. The van der Waals surface area contributed by atoms with Crippen LogP contribution in [0.15, 0.2) is 0 Å². The van der Waals surface area contributed by atoms with Crippen molar-refractivity contribution in [1.29, 1.82) is 0 Å². The predicted octanol–water partition coefficient (Wildman–Crippen LogP) is 3.41. The zero-order valence-corrected chi connectivity index (χ0v) is 12.2. The fourth-order valence-corrected chi connectivity index (χ4v) is 9.42. The van der Waals surface area contributed by atoms with Gasteiger partial charge >= 0.3 is 0 Å². The average Bonchev–Trinajstić information content (AvgIpc) is 2.02. The van der Waals surface area contributed by atoms with Crippen LogP contribution in [0.1, 0.15) is 19.8 Å². The van der Waals surface area contributed by atoms with Crippen molar-refractivity contribution in [3.05, 3.63) is 0 Å². The van der Waals surface area contributed by atoms with Gasteiger partial charge in [0.25, 0.3) is 0 Å². The highest BCUT2D eigenvalue weighted by molar-refractivity contribution is 8.21. The summed E-state index contributed by atoms with van der Waals surface area (Å²) in [5.41, 5.74) is 0. The highest BCUT2D eigenvalue weighted by Crippen LogP contribution is 2.50. The minimum atomic E-state index is -1.26. The molecule has 82 valence electrons. The van der Waals surface area contributed by atoms with Crippen molar-refractivity contribution in [1.82, 2.24) is 0 Å². The Balaban J connectivity index is 2.83. The Bertz CT molecular complexity index is 217. The van der Waals surface area contributed by atoms with E-state index in [4.69, 9.17) is 0 Å². The molecule has 0 amide bonds. The van der Waals surface area contributed by atoms with E-state index in [1.54, 1.807) is 6.92 Å². The van der Waals surface area contributed by atoms with Gasteiger partial charge in [0.2, 0.25) is 0 Å². The van der Waals surface area contributed by atoms with Crippen LogP contribution in [0.5, 0.6) is 0 Å². The first-order valence-corrected chi connectivity index (χ1v) is 10.6. The van der Waals surface area contributed by atoms with E-state index in [0.29, 0.717) is 5.78 Å². The zero-order chi connectivity index (χ0) is 10.8. The van der Waals surface area contributed by atoms with Crippen LogP contribution in [-0.2, 0) is 4.79 Å². The van der Waals surface area contributed by atoms with E-state index in [-0.39, 0.29) is 3.70 Å². The summed E-state index contributed by atoms with van der Waals surface area (Å²) < 4.78 is 0.261. The molecule has 0 aromatic carbocycles. The van der Waals surface area contributed by atoms with Crippen LogP contribution in [0.4, 0.5) is 0 Å². The van der Waals surface area contributed by atoms with Gasteiger partial charge in [0.05, 0.1) is 11.8 Å². The molecule has 4 heteroatoms. The maximum absolute atomic E-state index is 11.4. The van der Waals surface area contributed by atoms with E-state index in [1.807, 2.05) is 23.5 Å². The molecule has 14 heavy (non-hydrogen) atoms. The van der Waals surface area contributed by atoms with Crippen LogP contribution in [0.3, 0.4) is 0 Å². The maximum atomic E-state index is 11.4. The summed E-state index contributed by atoms with van der Waals surface area (Å²) in [6.07, 6.45) is 2.08. The summed E-state index contributed by atoms with van der Waals surface area (Å²) in [7, 11) is -1.26. The normalized spacial score (nSPS) is 22.0. The number of Topliss-reactive ketones (excluding diaryl/α,β-unsaturated/α-hetero) is 1. The smallest absolute Gasteiger partial charge is 0.131 e. The average molecular weight is 248 g/mol. The van der Waals surface area contributed by atoms with Crippen LogP contribution >= 0.6 is 23.5 Å². The molecule has 0 bridgehead atoms. The van der Waals surface area contributed by atoms with Crippen LogP contribution in [0.25, 0.3) is 0 Å². The third-order valence-electron chi connectivity index (χ3n) is 2.58.